The van der Waals surface area contributed by atoms with Crippen molar-refractivity contribution in [2.75, 3.05) is 6.79 Å². The normalized spacial score (nSPS) is 24.1. The highest BCUT2D eigenvalue weighted by Gasteiger charge is 2.25. The highest BCUT2D eigenvalue weighted by molar-refractivity contribution is 7.13. The van der Waals surface area contributed by atoms with E-state index < -0.39 is 0 Å². The number of rotatable bonds is 3. The topological polar surface area (TPSA) is 34.6 Å². The number of ether oxygens (including phenoxy) is 2. The minimum absolute atomic E-state index is 0.312. The molecule has 122 valence electrons. The van der Waals surface area contributed by atoms with E-state index in [1.165, 1.54) is 25.0 Å². The van der Waals surface area contributed by atoms with Crippen molar-refractivity contribution < 1.29 is 9.47 Å². The van der Waals surface area contributed by atoms with Crippen molar-refractivity contribution >= 4 is 11.3 Å². The van der Waals surface area contributed by atoms with Crippen molar-refractivity contribution in [3.05, 3.63) is 29.3 Å². The first-order chi connectivity index (χ1) is 11.2. The van der Waals surface area contributed by atoms with Gasteiger partial charge in [0.25, 0.3) is 0 Å². The van der Waals surface area contributed by atoms with E-state index in [2.05, 4.69) is 30.2 Å². The second kappa shape index (κ2) is 6.13. The van der Waals surface area contributed by atoms with Crippen molar-refractivity contribution in [2.24, 2.45) is 0 Å². The summed E-state index contributed by atoms with van der Waals surface area (Å²) in [7, 11) is 0. The van der Waals surface area contributed by atoms with E-state index in [1.807, 2.05) is 12.1 Å². The van der Waals surface area contributed by atoms with Crippen LogP contribution >= 0.6 is 11.3 Å². The third-order valence-electron chi connectivity index (χ3n) is 4.89. The molecular weight excluding hydrogens is 308 g/mol. The van der Waals surface area contributed by atoms with E-state index in [0.717, 1.165) is 28.6 Å². The summed E-state index contributed by atoms with van der Waals surface area (Å²) in [6.07, 6.45) is 3.94. The van der Waals surface area contributed by atoms with E-state index in [-0.39, 0.29) is 0 Å². The van der Waals surface area contributed by atoms with Gasteiger partial charge in [-0.25, -0.2) is 4.98 Å². The number of thiazole rings is 1. The molecule has 4 rings (SSSR count). The van der Waals surface area contributed by atoms with E-state index in [0.29, 0.717) is 18.9 Å². The van der Waals surface area contributed by atoms with Crippen LogP contribution in [0.25, 0.3) is 10.6 Å². The summed E-state index contributed by atoms with van der Waals surface area (Å²) in [5.41, 5.74) is 2.27. The molecular formula is C18H22N2O2S. The maximum absolute atomic E-state index is 5.46. The van der Waals surface area contributed by atoms with Gasteiger partial charge < -0.3 is 9.47 Å². The Morgan fingerprint density at radius 2 is 1.96 bits per heavy atom. The van der Waals surface area contributed by atoms with Crippen LogP contribution in [-0.2, 0) is 6.54 Å². The zero-order valence-corrected chi connectivity index (χ0v) is 14.4. The summed E-state index contributed by atoms with van der Waals surface area (Å²) >= 11 is 1.70. The Morgan fingerprint density at radius 1 is 1.17 bits per heavy atom. The standard InChI is InChI=1S/C18H22N2O2S/c1-12-4-3-5-13(2)20(12)9-15-10-23-18(19-15)14-6-7-16-17(8-14)22-11-21-16/h6-8,10,12-13H,3-5,9,11H2,1-2H3/t12-,13-/m1/s1. The molecule has 2 atom stereocenters. The van der Waals surface area contributed by atoms with Crippen LogP contribution in [0.15, 0.2) is 23.6 Å². The molecule has 3 heterocycles. The largest absolute Gasteiger partial charge is 0.454 e. The predicted molar refractivity (Wildman–Crippen MR) is 92.0 cm³/mol. The first kappa shape index (κ1) is 15.0. The van der Waals surface area contributed by atoms with Crippen LogP contribution in [-0.4, -0.2) is 28.8 Å². The van der Waals surface area contributed by atoms with Crippen LogP contribution in [0.1, 0.15) is 38.8 Å². The smallest absolute Gasteiger partial charge is 0.231 e. The average Bonchev–Trinajstić information content (AvgIpc) is 3.19. The highest BCUT2D eigenvalue weighted by Crippen LogP contribution is 2.37. The zero-order chi connectivity index (χ0) is 15.8. The van der Waals surface area contributed by atoms with Crippen LogP contribution in [0.3, 0.4) is 0 Å². The highest BCUT2D eigenvalue weighted by atomic mass is 32.1. The minimum atomic E-state index is 0.312. The summed E-state index contributed by atoms with van der Waals surface area (Å²) in [5.74, 6) is 1.64. The molecule has 0 saturated carbocycles. The monoisotopic (exact) mass is 330 g/mol. The van der Waals surface area contributed by atoms with Gasteiger partial charge in [0.2, 0.25) is 6.79 Å². The average molecular weight is 330 g/mol. The van der Waals surface area contributed by atoms with E-state index in [1.54, 1.807) is 11.3 Å². The number of benzene rings is 1. The number of hydrogen-bond acceptors (Lipinski definition) is 5. The van der Waals surface area contributed by atoms with Crippen LogP contribution in [0.4, 0.5) is 0 Å². The molecule has 0 amide bonds. The van der Waals surface area contributed by atoms with Crippen molar-refractivity contribution in [3.63, 3.8) is 0 Å². The van der Waals surface area contributed by atoms with Crippen molar-refractivity contribution in [3.8, 4) is 22.1 Å². The van der Waals surface area contributed by atoms with Gasteiger partial charge in [-0.1, -0.05) is 6.42 Å². The molecule has 0 bridgehead atoms. The Labute approximate surface area is 141 Å². The SMILES string of the molecule is C[C@@H]1CCC[C@@H](C)N1Cc1csc(-c2ccc3c(c2)OCO3)n1. The van der Waals surface area contributed by atoms with Gasteiger partial charge >= 0.3 is 0 Å². The van der Waals surface area contributed by atoms with Gasteiger partial charge in [-0.05, 0) is 44.9 Å². The number of piperidine rings is 1. The summed E-state index contributed by atoms with van der Waals surface area (Å²) in [4.78, 5) is 7.43. The van der Waals surface area contributed by atoms with Gasteiger partial charge in [0.1, 0.15) is 5.01 Å². The Balaban J connectivity index is 1.52. The lowest BCUT2D eigenvalue weighted by molar-refractivity contribution is 0.0941. The second-order valence-corrected chi connectivity index (χ2v) is 7.37. The van der Waals surface area contributed by atoms with E-state index in [4.69, 9.17) is 14.5 Å². The van der Waals surface area contributed by atoms with Gasteiger partial charge in [0, 0.05) is 29.6 Å². The summed E-state index contributed by atoms with van der Waals surface area (Å²) in [5, 5.41) is 3.24. The molecule has 1 saturated heterocycles. The van der Waals surface area contributed by atoms with E-state index in [9.17, 15) is 0 Å². The molecule has 2 aliphatic heterocycles. The molecule has 0 spiro atoms. The first-order valence-electron chi connectivity index (χ1n) is 8.31. The number of nitrogens with zero attached hydrogens (tertiary/aromatic N) is 2. The lowest BCUT2D eigenvalue weighted by Gasteiger charge is -2.38. The molecule has 2 aromatic rings. The maximum Gasteiger partial charge on any atom is 0.231 e. The predicted octanol–water partition coefficient (Wildman–Crippen LogP) is 4.30. The molecule has 0 N–H and O–H groups in total. The fourth-order valence-electron chi connectivity index (χ4n) is 3.52. The molecule has 4 nitrogen and oxygen atoms in total. The Morgan fingerprint density at radius 3 is 2.78 bits per heavy atom. The maximum atomic E-state index is 5.46. The van der Waals surface area contributed by atoms with Gasteiger partial charge in [0.05, 0.1) is 5.69 Å². The fraction of sp³-hybridized carbons (Fsp3) is 0.500. The number of aromatic nitrogens is 1. The molecule has 23 heavy (non-hydrogen) atoms. The first-order valence-corrected chi connectivity index (χ1v) is 9.19. The summed E-state index contributed by atoms with van der Waals surface area (Å²) in [6.45, 7) is 5.93. The lowest BCUT2D eigenvalue weighted by atomic mass is 9.97. The molecule has 1 aromatic heterocycles. The molecule has 5 heteroatoms. The van der Waals surface area contributed by atoms with Crippen LogP contribution < -0.4 is 9.47 Å². The number of likely N-dealkylation sites (tertiary alicyclic amines) is 1. The third kappa shape index (κ3) is 2.95. The fourth-order valence-corrected chi connectivity index (χ4v) is 4.32. The van der Waals surface area contributed by atoms with Crippen LogP contribution in [0.5, 0.6) is 11.5 Å². The van der Waals surface area contributed by atoms with Crippen LogP contribution in [0.2, 0.25) is 0 Å². The molecule has 0 unspecified atom stereocenters. The molecule has 1 fully saturated rings. The van der Waals surface area contributed by atoms with Gasteiger partial charge in [-0.2, -0.15) is 0 Å². The third-order valence-corrected chi connectivity index (χ3v) is 5.83. The molecule has 0 aliphatic carbocycles. The molecule has 1 aromatic carbocycles. The Hall–Kier alpha value is -1.59. The van der Waals surface area contributed by atoms with Crippen molar-refractivity contribution in [2.45, 2.75) is 51.7 Å². The zero-order valence-electron chi connectivity index (χ0n) is 13.6. The van der Waals surface area contributed by atoms with Crippen molar-refractivity contribution in [1.82, 2.24) is 9.88 Å². The summed E-state index contributed by atoms with van der Waals surface area (Å²) in [6, 6.07) is 7.34. The lowest BCUT2D eigenvalue weighted by Crippen LogP contribution is -2.43. The molecule has 0 radical (unpaired) electrons. The Bertz CT molecular complexity index is 690. The number of hydrogen-bond donors (Lipinski definition) is 0. The second-order valence-electron chi connectivity index (χ2n) is 6.51. The minimum Gasteiger partial charge on any atom is -0.454 e. The van der Waals surface area contributed by atoms with Gasteiger partial charge in [-0.15, -0.1) is 11.3 Å². The molecule has 2 aliphatic rings. The van der Waals surface area contributed by atoms with Gasteiger partial charge in [0.15, 0.2) is 11.5 Å². The van der Waals surface area contributed by atoms with Crippen molar-refractivity contribution in [1.29, 1.82) is 0 Å². The van der Waals surface area contributed by atoms with Gasteiger partial charge in [-0.3, -0.25) is 4.90 Å². The quantitative estimate of drug-likeness (QED) is 0.840. The number of fused-ring (bicyclic) bond motifs is 1. The van der Waals surface area contributed by atoms with E-state index >= 15 is 0 Å². The summed E-state index contributed by atoms with van der Waals surface area (Å²) < 4.78 is 10.8. The Kier molecular flexibility index (Phi) is 3.99. The van der Waals surface area contributed by atoms with Crippen LogP contribution in [0, 0.1) is 0 Å².